The van der Waals surface area contributed by atoms with Crippen LogP contribution >= 0.6 is 0 Å². The third kappa shape index (κ3) is 3.99. The second-order valence-corrected chi connectivity index (χ2v) is 6.19. The molecule has 0 saturated carbocycles. The molecule has 3 rings (SSSR count). The number of carbonyl (C=O) groups excluding carboxylic acids is 2. The maximum Gasteiger partial charge on any atom is 0.257 e. The maximum absolute atomic E-state index is 12.7. The Bertz CT molecular complexity index is 750. The van der Waals surface area contributed by atoms with Crippen LogP contribution in [0.5, 0.6) is 11.5 Å². The van der Waals surface area contributed by atoms with Crippen molar-refractivity contribution in [3.05, 3.63) is 42.4 Å². The van der Waals surface area contributed by atoms with Gasteiger partial charge in [-0.1, -0.05) is 0 Å². The Morgan fingerprint density at radius 2 is 1.92 bits per heavy atom. The number of likely N-dealkylation sites (tertiary alicyclic amines) is 1. The second kappa shape index (κ2) is 7.95. The van der Waals surface area contributed by atoms with Gasteiger partial charge in [0.25, 0.3) is 5.91 Å². The number of benzene rings is 1. The monoisotopic (exact) mass is 358 g/mol. The first kappa shape index (κ1) is 17.8. The van der Waals surface area contributed by atoms with Gasteiger partial charge in [-0.25, -0.2) is 0 Å². The van der Waals surface area contributed by atoms with Crippen molar-refractivity contribution in [3.8, 4) is 11.5 Å². The van der Waals surface area contributed by atoms with Crippen LogP contribution in [0.25, 0.3) is 0 Å². The van der Waals surface area contributed by atoms with Gasteiger partial charge < -0.3 is 24.1 Å². The van der Waals surface area contributed by atoms with Crippen LogP contribution in [0.2, 0.25) is 0 Å². The molecule has 7 heteroatoms. The fraction of sp³-hybridized carbons (Fsp3) is 0.368. The van der Waals surface area contributed by atoms with E-state index in [0.29, 0.717) is 35.8 Å². The summed E-state index contributed by atoms with van der Waals surface area (Å²) in [6, 6.07) is 6.84. The molecule has 1 fully saturated rings. The molecule has 1 aliphatic rings. The molecule has 138 valence electrons. The molecule has 2 aromatic rings. The number of carbonyl (C=O) groups is 2. The van der Waals surface area contributed by atoms with Crippen molar-refractivity contribution in [2.24, 2.45) is 5.92 Å². The number of rotatable bonds is 5. The van der Waals surface area contributed by atoms with Crippen LogP contribution in [0.15, 0.2) is 41.2 Å². The highest BCUT2D eigenvalue weighted by atomic mass is 16.5. The summed E-state index contributed by atoms with van der Waals surface area (Å²) in [6.07, 6.45) is 4.41. The minimum Gasteiger partial charge on any atom is -0.497 e. The SMILES string of the molecule is COc1cc(NC(=O)[C@@H]2CCCN(C(=O)c3ccoc3)C2)cc(OC)c1. The molecular weight excluding hydrogens is 336 g/mol. The molecule has 1 aliphatic heterocycles. The van der Waals surface area contributed by atoms with Gasteiger partial charge in [-0.15, -0.1) is 0 Å². The van der Waals surface area contributed by atoms with Crippen molar-refractivity contribution < 1.29 is 23.5 Å². The molecule has 1 aromatic heterocycles. The van der Waals surface area contributed by atoms with E-state index in [1.54, 1.807) is 43.4 Å². The molecule has 1 aromatic carbocycles. The first-order valence-electron chi connectivity index (χ1n) is 8.46. The molecule has 0 aliphatic carbocycles. The lowest BCUT2D eigenvalue weighted by molar-refractivity contribution is -0.121. The Kier molecular flexibility index (Phi) is 5.46. The molecule has 1 saturated heterocycles. The van der Waals surface area contributed by atoms with Crippen LogP contribution in [0, 0.1) is 5.92 Å². The van der Waals surface area contributed by atoms with Gasteiger partial charge in [-0.05, 0) is 18.9 Å². The van der Waals surface area contributed by atoms with Crippen molar-refractivity contribution >= 4 is 17.5 Å². The van der Waals surface area contributed by atoms with E-state index < -0.39 is 0 Å². The number of furan rings is 1. The zero-order chi connectivity index (χ0) is 18.5. The zero-order valence-corrected chi connectivity index (χ0v) is 14.9. The molecule has 2 amide bonds. The summed E-state index contributed by atoms with van der Waals surface area (Å²) in [4.78, 5) is 26.8. The van der Waals surface area contributed by atoms with Crippen LogP contribution in [0.4, 0.5) is 5.69 Å². The van der Waals surface area contributed by atoms with E-state index in [1.807, 2.05) is 0 Å². The Hall–Kier alpha value is -2.96. The molecule has 0 radical (unpaired) electrons. The van der Waals surface area contributed by atoms with E-state index in [0.717, 1.165) is 12.8 Å². The van der Waals surface area contributed by atoms with Crippen LogP contribution in [0.3, 0.4) is 0 Å². The molecule has 2 heterocycles. The van der Waals surface area contributed by atoms with E-state index in [2.05, 4.69) is 5.32 Å². The lowest BCUT2D eigenvalue weighted by Gasteiger charge is -2.31. The number of methoxy groups -OCH3 is 2. The van der Waals surface area contributed by atoms with E-state index in [4.69, 9.17) is 13.9 Å². The molecule has 1 N–H and O–H groups in total. The number of hydrogen-bond donors (Lipinski definition) is 1. The van der Waals surface area contributed by atoms with Gasteiger partial charge in [0, 0.05) is 37.0 Å². The topological polar surface area (TPSA) is 81.0 Å². The van der Waals surface area contributed by atoms with Gasteiger partial charge in [0.1, 0.15) is 17.8 Å². The largest absolute Gasteiger partial charge is 0.497 e. The van der Waals surface area contributed by atoms with Crippen molar-refractivity contribution in [1.82, 2.24) is 4.90 Å². The van der Waals surface area contributed by atoms with Crippen LogP contribution < -0.4 is 14.8 Å². The van der Waals surface area contributed by atoms with Gasteiger partial charge >= 0.3 is 0 Å². The van der Waals surface area contributed by atoms with E-state index in [-0.39, 0.29) is 17.7 Å². The number of amides is 2. The third-order valence-electron chi connectivity index (χ3n) is 4.47. The van der Waals surface area contributed by atoms with Gasteiger partial charge in [-0.3, -0.25) is 9.59 Å². The quantitative estimate of drug-likeness (QED) is 0.889. The van der Waals surface area contributed by atoms with Gasteiger partial charge in [0.15, 0.2) is 0 Å². The normalized spacial score (nSPS) is 16.8. The Labute approximate surface area is 151 Å². The highest BCUT2D eigenvalue weighted by Crippen LogP contribution is 2.27. The van der Waals surface area contributed by atoms with Crippen LogP contribution in [-0.4, -0.2) is 44.0 Å². The van der Waals surface area contributed by atoms with Gasteiger partial charge in [-0.2, -0.15) is 0 Å². The first-order valence-corrected chi connectivity index (χ1v) is 8.46. The smallest absolute Gasteiger partial charge is 0.257 e. The predicted molar refractivity (Wildman–Crippen MR) is 95.5 cm³/mol. The highest BCUT2D eigenvalue weighted by Gasteiger charge is 2.29. The Balaban J connectivity index is 1.67. The van der Waals surface area contributed by atoms with E-state index in [1.165, 1.54) is 12.5 Å². The number of nitrogens with zero attached hydrogens (tertiary/aromatic N) is 1. The molecular formula is C19H22N2O5. The standard InChI is InChI=1S/C19H22N2O5/c1-24-16-8-15(9-17(10-16)25-2)20-18(22)13-4-3-6-21(11-13)19(23)14-5-7-26-12-14/h5,7-10,12-13H,3-4,6,11H2,1-2H3,(H,20,22)/t13-/m1/s1. The lowest BCUT2D eigenvalue weighted by atomic mass is 9.96. The molecule has 0 spiro atoms. The number of nitrogens with one attached hydrogen (secondary N) is 1. The average molecular weight is 358 g/mol. The fourth-order valence-electron chi connectivity index (χ4n) is 3.07. The Morgan fingerprint density at radius 3 is 2.54 bits per heavy atom. The average Bonchev–Trinajstić information content (AvgIpc) is 3.21. The van der Waals surface area contributed by atoms with Gasteiger partial charge in [0.05, 0.1) is 32.0 Å². The number of piperidine rings is 1. The van der Waals surface area contributed by atoms with E-state index >= 15 is 0 Å². The summed E-state index contributed by atoms with van der Waals surface area (Å²) in [5, 5.41) is 2.90. The van der Waals surface area contributed by atoms with Crippen LogP contribution in [0.1, 0.15) is 23.2 Å². The third-order valence-corrected chi connectivity index (χ3v) is 4.47. The summed E-state index contributed by atoms with van der Waals surface area (Å²) in [6.45, 7) is 1.03. The number of hydrogen-bond acceptors (Lipinski definition) is 5. The number of anilines is 1. The summed E-state index contributed by atoms with van der Waals surface area (Å²) in [5.74, 6) is 0.696. The van der Waals surface area contributed by atoms with Crippen molar-refractivity contribution in [2.75, 3.05) is 32.6 Å². The van der Waals surface area contributed by atoms with E-state index in [9.17, 15) is 9.59 Å². The van der Waals surface area contributed by atoms with Crippen molar-refractivity contribution in [1.29, 1.82) is 0 Å². The minimum absolute atomic E-state index is 0.112. The lowest BCUT2D eigenvalue weighted by Crippen LogP contribution is -2.43. The first-order chi connectivity index (χ1) is 12.6. The summed E-state index contributed by atoms with van der Waals surface area (Å²) in [7, 11) is 3.11. The number of ether oxygens (including phenoxy) is 2. The molecule has 26 heavy (non-hydrogen) atoms. The summed E-state index contributed by atoms with van der Waals surface area (Å²) < 4.78 is 15.4. The van der Waals surface area contributed by atoms with Crippen LogP contribution in [-0.2, 0) is 4.79 Å². The molecule has 7 nitrogen and oxygen atoms in total. The van der Waals surface area contributed by atoms with Crippen molar-refractivity contribution in [2.45, 2.75) is 12.8 Å². The van der Waals surface area contributed by atoms with Crippen molar-refractivity contribution in [3.63, 3.8) is 0 Å². The Morgan fingerprint density at radius 1 is 1.19 bits per heavy atom. The second-order valence-electron chi connectivity index (χ2n) is 6.19. The predicted octanol–water partition coefficient (Wildman–Crippen LogP) is 2.79. The minimum atomic E-state index is -0.267. The zero-order valence-electron chi connectivity index (χ0n) is 14.9. The van der Waals surface area contributed by atoms with Gasteiger partial charge in [0.2, 0.25) is 5.91 Å². The molecule has 1 atom stereocenters. The highest BCUT2D eigenvalue weighted by molar-refractivity contribution is 5.96. The molecule has 0 bridgehead atoms. The summed E-state index contributed by atoms with van der Waals surface area (Å²) >= 11 is 0. The molecule has 0 unspecified atom stereocenters. The maximum atomic E-state index is 12.7. The fourth-order valence-corrected chi connectivity index (χ4v) is 3.07. The summed E-state index contributed by atoms with van der Waals surface area (Å²) in [5.41, 5.74) is 1.10.